The molecule has 6 nitrogen and oxygen atoms in total. The predicted octanol–water partition coefficient (Wildman–Crippen LogP) is -0.358. The largest absolute Gasteiger partial charge is 0.454 e. The summed E-state index contributed by atoms with van der Waals surface area (Å²) in [6.07, 6.45) is 0. The lowest BCUT2D eigenvalue weighted by Crippen LogP contribution is -2.26. The molecule has 1 aromatic heterocycles. The summed E-state index contributed by atoms with van der Waals surface area (Å²) >= 11 is 0. The van der Waals surface area contributed by atoms with Gasteiger partial charge in [-0.2, -0.15) is 0 Å². The molecule has 1 heterocycles. The van der Waals surface area contributed by atoms with Gasteiger partial charge in [0.1, 0.15) is 6.61 Å². The van der Waals surface area contributed by atoms with Crippen LogP contribution in [-0.2, 0) is 4.74 Å². The fraction of sp³-hybridized carbons (Fsp3) is 0.667. The van der Waals surface area contributed by atoms with E-state index < -0.39 is 0 Å². The topological polar surface area (TPSA) is 71.4 Å². The number of aromatic nitrogens is 2. The van der Waals surface area contributed by atoms with E-state index in [2.05, 4.69) is 9.79 Å². The number of aryl methyl sites for hydroxylation is 1. The van der Waals surface area contributed by atoms with Crippen LogP contribution < -0.4 is 9.64 Å². The summed E-state index contributed by atoms with van der Waals surface area (Å²) in [7, 11) is 1.55. The van der Waals surface area contributed by atoms with E-state index >= 15 is 0 Å². The van der Waals surface area contributed by atoms with Crippen LogP contribution >= 0.6 is 0 Å². The number of methoxy groups -OCH3 is 1. The van der Waals surface area contributed by atoms with Crippen LogP contribution in [0.1, 0.15) is 5.69 Å². The van der Waals surface area contributed by atoms with Gasteiger partial charge in [-0.05, 0) is 4.90 Å². The molecule has 1 aromatic rings. The lowest BCUT2D eigenvalue weighted by atomic mass is 10.5. The number of hydrogen-bond acceptors (Lipinski definition) is 5. The number of rotatable bonds is 4. The van der Waals surface area contributed by atoms with Crippen LogP contribution in [-0.4, -0.2) is 25.5 Å². The maximum Gasteiger partial charge on any atom is 0.375 e. The molecule has 0 aliphatic heterocycles. The van der Waals surface area contributed by atoms with E-state index in [-0.39, 0.29) is 10.8 Å². The molecule has 1 rings (SSSR count). The Kier molecular flexibility index (Phi) is 2.87. The van der Waals surface area contributed by atoms with Crippen LogP contribution in [0.4, 0.5) is 0 Å². The molecule has 0 bridgehead atoms. The van der Waals surface area contributed by atoms with E-state index in [0.29, 0.717) is 18.9 Å². The highest BCUT2D eigenvalue weighted by Crippen LogP contribution is 2.07. The van der Waals surface area contributed by atoms with Crippen molar-refractivity contribution in [2.45, 2.75) is 6.92 Å². The van der Waals surface area contributed by atoms with Crippen LogP contribution in [0, 0.1) is 12.1 Å². The van der Waals surface area contributed by atoms with E-state index in [1.165, 1.54) is 0 Å². The zero-order chi connectivity index (χ0) is 8.97. The van der Waals surface area contributed by atoms with Crippen LogP contribution in [0.3, 0.4) is 0 Å². The predicted molar refractivity (Wildman–Crippen MR) is 37.6 cm³/mol. The average Bonchev–Trinajstić information content (AvgIpc) is 2.35. The smallest absolute Gasteiger partial charge is 0.375 e. The molecular formula is C6H10N2O4. The van der Waals surface area contributed by atoms with Gasteiger partial charge < -0.3 is 14.7 Å². The van der Waals surface area contributed by atoms with E-state index in [9.17, 15) is 5.21 Å². The van der Waals surface area contributed by atoms with Gasteiger partial charge in [-0.25, -0.2) is 0 Å². The summed E-state index contributed by atoms with van der Waals surface area (Å²) in [5.74, 6) is 0.0899. The second kappa shape index (κ2) is 3.91. The molecule has 0 saturated heterocycles. The average molecular weight is 174 g/mol. The molecule has 0 amide bonds. The summed E-state index contributed by atoms with van der Waals surface area (Å²) in [6.45, 7) is 2.35. The molecule has 0 aliphatic rings. The Balaban J connectivity index is 2.50. The van der Waals surface area contributed by atoms with Crippen molar-refractivity contribution in [3.8, 4) is 5.88 Å². The number of ether oxygens (including phenoxy) is 2. The van der Waals surface area contributed by atoms with E-state index in [4.69, 9.17) is 9.47 Å². The second-order valence-corrected chi connectivity index (χ2v) is 2.16. The minimum Gasteiger partial charge on any atom is -0.454 e. The molecule has 0 fully saturated rings. The monoisotopic (exact) mass is 174 g/mol. The normalized spacial score (nSPS) is 10.2. The van der Waals surface area contributed by atoms with Gasteiger partial charge in [-0.3, -0.25) is 4.63 Å². The van der Waals surface area contributed by atoms with Gasteiger partial charge in [-0.1, -0.05) is 0 Å². The van der Waals surface area contributed by atoms with E-state index in [1.54, 1.807) is 14.0 Å². The molecular weight excluding hydrogens is 164 g/mol. The summed E-state index contributed by atoms with van der Waals surface area (Å²) < 4.78 is 14.0. The van der Waals surface area contributed by atoms with Crippen molar-refractivity contribution in [1.82, 2.24) is 5.16 Å². The highest BCUT2D eigenvalue weighted by Gasteiger charge is 2.15. The first-order valence-electron chi connectivity index (χ1n) is 3.43. The van der Waals surface area contributed by atoms with Crippen molar-refractivity contribution in [2.24, 2.45) is 0 Å². The standard InChI is InChI=1S/C6H10N2O4/c1-5-6(8(9)12-7-5)11-4-3-10-2/h3-4H2,1-2H3. The summed E-state index contributed by atoms with van der Waals surface area (Å²) in [5.41, 5.74) is 0.432. The minimum absolute atomic E-state index is 0.0899. The fourth-order valence-corrected chi connectivity index (χ4v) is 0.685. The van der Waals surface area contributed by atoms with Gasteiger partial charge in [0.15, 0.2) is 0 Å². The molecule has 6 heteroatoms. The first-order chi connectivity index (χ1) is 5.75. The quantitative estimate of drug-likeness (QED) is 0.460. The maximum atomic E-state index is 10.8. The molecule has 0 aromatic carbocycles. The fourth-order valence-electron chi connectivity index (χ4n) is 0.685. The van der Waals surface area contributed by atoms with Crippen molar-refractivity contribution in [2.75, 3.05) is 20.3 Å². The van der Waals surface area contributed by atoms with Crippen molar-refractivity contribution >= 4 is 0 Å². The van der Waals surface area contributed by atoms with Crippen LogP contribution in [0.15, 0.2) is 4.63 Å². The Hall–Kier alpha value is -1.30. The number of nitrogens with zero attached hydrogens (tertiary/aromatic N) is 2. The third-order valence-electron chi connectivity index (χ3n) is 1.25. The summed E-state index contributed by atoms with van der Waals surface area (Å²) in [5, 5.41) is 14.2. The van der Waals surface area contributed by atoms with Gasteiger partial charge in [0, 0.05) is 19.2 Å². The molecule has 0 N–H and O–H groups in total. The molecule has 0 unspecified atom stereocenters. The van der Waals surface area contributed by atoms with E-state index in [0.717, 1.165) is 0 Å². The van der Waals surface area contributed by atoms with Crippen molar-refractivity contribution in [3.63, 3.8) is 0 Å². The zero-order valence-electron chi connectivity index (χ0n) is 6.94. The van der Waals surface area contributed by atoms with Gasteiger partial charge in [0.05, 0.1) is 6.61 Å². The van der Waals surface area contributed by atoms with Crippen molar-refractivity contribution < 1.29 is 19.0 Å². The van der Waals surface area contributed by atoms with Gasteiger partial charge in [-0.15, -0.1) is 0 Å². The zero-order valence-corrected chi connectivity index (χ0v) is 6.94. The lowest BCUT2D eigenvalue weighted by Gasteiger charge is -2.00. The van der Waals surface area contributed by atoms with Crippen LogP contribution in [0.5, 0.6) is 5.88 Å². The Morgan fingerprint density at radius 1 is 1.58 bits per heavy atom. The van der Waals surface area contributed by atoms with Crippen LogP contribution in [0.25, 0.3) is 0 Å². The molecule has 12 heavy (non-hydrogen) atoms. The highest BCUT2D eigenvalue weighted by molar-refractivity contribution is 5.06. The third-order valence-corrected chi connectivity index (χ3v) is 1.25. The summed E-state index contributed by atoms with van der Waals surface area (Å²) in [4.78, 5) is 0.227. The Labute approximate surface area is 69.2 Å². The molecule has 0 atom stereocenters. The third kappa shape index (κ3) is 1.85. The first kappa shape index (κ1) is 8.79. The Bertz CT molecular complexity index is 228. The first-order valence-corrected chi connectivity index (χ1v) is 3.43. The maximum absolute atomic E-state index is 10.8. The summed E-state index contributed by atoms with van der Waals surface area (Å²) in [6, 6.07) is 0. The molecule has 0 saturated carbocycles. The molecule has 68 valence electrons. The van der Waals surface area contributed by atoms with Gasteiger partial charge in [0.2, 0.25) is 0 Å². The number of hydrogen-bond donors (Lipinski definition) is 0. The Morgan fingerprint density at radius 3 is 2.83 bits per heavy atom. The Morgan fingerprint density at radius 2 is 2.33 bits per heavy atom. The molecule has 0 radical (unpaired) electrons. The van der Waals surface area contributed by atoms with E-state index in [1.807, 2.05) is 0 Å². The molecule has 0 spiro atoms. The van der Waals surface area contributed by atoms with Gasteiger partial charge in [0.25, 0.3) is 5.69 Å². The van der Waals surface area contributed by atoms with Crippen molar-refractivity contribution in [1.29, 1.82) is 0 Å². The second-order valence-electron chi connectivity index (χ2n) is 2.16. The SMILES string of the molecule is COCCOc1c(C)no[n+]1[O-]. The highest BCUT2D eigenvalue weighted by atomic mass is 16.8. The molecule has 0 aliphatic carbocycles. The minimum atomic E-state index is 0.0899. The lowest BCUT2D eigenvalue weighted by molar-refractivity contribution is -0.805. The van der Waals surface area contributed by atoms with Crippen molar-refractivity contribution in [3.05, 3.63) is 10.9 Å². The van der Waals surface area contributed by atoms with Crippen LogP contribution in [0.2, 0.25) is 0 Å². The van der Waals surface area contributed by atoms with Gasteiger partial charge >= 0.3 is 5.88 Å².